The minimum Gasteiger partial charge on any atom is -0.508 e. The fourth-order valence-electron chi connectivity index (χ4n) is 9.68. The first-order valence-corrected chi connectivity index (χ1v) is 34.0. The van der Waals surface area contributed by atoms with Gasteiger partial charge >= 0.3 is 12.2 Å². The standard InChI is InChI=1S/2C30H38N4O5Si/c1-19-15-24(35)25(21-11-12-33(26(19)21)28(36)39-29(2,3)4)30(5,37)27-32-22-16-20(17-31)9-10-23(22)34(27)18-38-13-14-40(6,7)8;1-19-15-24(35)25(21-11-12-33(26(19)21)28(36)39-29(2,3)4)30(5,37)27-32-22-10-9-20(17-31)16-23(22)34(27)18-38-13-14-40(6,7)8/h2*9-12,15-16,35,37H,13-14,18H2,1-8H3. The molecule has 4 aromatic heterocycles. The van der Waals surface area contributed by atoms with Crippen LogP contribution in [0.25, 0.3) is 43.9 Å². The van der Waals surface area contributed by atoms with E-state index in [2.05, 4.69) is 51.4 Å². The van der Waals surface area contributed by atoms with Crippen LogP contribution in [-0.4, -0.2) is 101 Å². The summed E-state index contributed by atoms with van der Waals surface area (Å²) >= 11 is 0. The second-order valence-corrected chi connectivity index (χ2v) is 36.5. The van der Waals surface area contributed by atoms with Gasteiger partial charge in [0.1, 0.15) is 59.0 Å². The summed E-state index contributed by atoms with van der Waals surface area (Å²) in [5.74, 6) is 0.230. The Labute approximate surface area is 469 Å². The van der Waals surface area contributed by atoms with Crippen LogP contribution in [0.4, 0.5) is 9.59 Å². The van der Waals surface area contributed by atoms with Crippen LogP contribution >= 0.6 is 0 Å². The number of phenols is 2. The average Bonchev–Trinajstić information content (AvgIpc) is 4.14. The Morgan fingerprint density at radius 1 is 0.575 bits per heavy atom. The molecule has 8 aromatic rings. The number of aromatic hydroxyl groups is 2. The fourth-order valence-corrected chi connectivity index (χ4v) is 11.2. The maximum Gasteiger partial charge on any atom is 0.419 e. The minimum atomic E-state index is -1.80. The van der Waals surface area contributed by atoms with E-state index in [9.17, 15) is 40.5 Å². The van der Waals surface area contributed by atoms with Crippen molar-refractivity contribution in [3.05, 3.63) is 118 Å². The van der Waals surface area contributed by atoms with E-state index in [-0.39, 0.29) is 47.7 Å². The summed E-state index contributed by atoms with van der Waals surface area (Å²) in [6.07, 6.45) is 2.03. The van der Waals surface area contributed by atoms with Crippen molar-refractivity contribution >= 4 is 72.2 Å². The highest BCUT2D eigenvalue weighted by atomic mass is 28.3. The lowest BCUT2D eigenvalue weighted by molar-refractivity contribution is 0.0532. The van der Waals surface area contributed by atoms with E-state index in [1.54, 1.807) is 139 Å². The third kappa shape index (κ3) is 13.0. The van der Waals surface area contributed by atoms with Gasteiger partial charge in [-0.15, -0.1) is 0 Å². The van der Waals surface area contributed by atoms with E-state index < -0.39 is 50.7 Å². The lowest BCUT2D eigenvalue weighted by Gasteiger charge is -2.27. The predicted octanol–water partition coefficient (Wildman–Crippen LogP) is 12.5. The molecule has 0 saturated carbocycles. The number of carbonyl (C=O) groups excluding carboxylic acids is 2. The van der Waals surface area contributed by atoms with Gasteiger partial charge in [0.15, 0.2) is 0 Å². The van der Waals surface area contributed by atoms with E-state index in [4.69, 9.17) is 28.9 Å². The summed E-state index contributed by atoms with van der Waals surface area (Å²) in [5.41, 5.74) is 1.06. The van der Waals surface area contributed by atoms with Gasteiger partial charge in [0.2, 0.25) is 0 Å². The van der Waals surface area contributed by atoms with Crippen molar-refractivity contribution in [1.82, 2.24) is 28.2 Å². The monoisotopic (exact) mass is 1120 g/mol. The summed E-state index contributed by atoms with van der Waals surface area (Å²) in [5, 5.41) is 66.6. The summed E-state index contributed by atoms with van der Waals surface area (Å²) in [7, 11) is -2.65. The number of rotatable bonds is 14. The number of imidazole rings is 2. The van der Waals surface area contributed by atoms with Gasteiger partial charge in [0.25, 0.3) is 0 Å². The van der Waals surface area contributed by atoms with Gasteiger partial charge in [-0.25, -0.2) is 19.6 Å². The number of hydrogen-bond acceptors (Lipinski definition) is 14. The maximum atomic E-state index is 13.0. The molecule has 0 aliphatic heterocycles. The number of nitrogens with zero attached hydrogens (tertiary/aromatic N) is 8. The number of hydrogen-bond donors (Lipinski definition) is 4. The zero-order valence-electron chi connectivity index (χ0n) is 49.0. The first-order valence-electron chi connectivity index (χ1n) is 26.6. The highest BCUT2D eigenvalue weighted by Crippen LogP contribution is 2.44. The smallest absolute Gasteiger partial charge is 0.419 e. The van der Waals surface area contributed by atoms with Crippen LogP contribution in [0, 0.1) is 36.5 Å². The molecule has 0 aliphatic rings. The molecule has 0 fully saturated rings. The van der Waals surface area contributed by atoms with Crippen molar-refractivity contribution in [1.29, 1.82) is 10.5 Å². The van der Waals surface area contributed by atoms with Crippen molar-refractivity contribution in [2.45, 2.75) is 156 Å². The molecule has 0 saturated heterocycles. The van der Waals surface area contributed by atoms with Crippen molar-refractivity contribution < 1.29 is 49.0 Å². The van der Waals surface area contributed by atoms with Crippen molar-refractivity contribution in [3.63, 3.8) is 0 Å². The number of phenolic OH excluding ortho intramolecular Hbond substituents is 2. The molecule has 2 atom stereocenters. The summed E-state index contributed by atoms with van der Waals surface area (Å²) in [4.78, 5) is 35.5. The number of nitriles is 2. The second-order valence-electron chi connectivity index (χ2n) is 25.2. The molecule has 4 heterocycles. The first-order chi connectivity index (χ1) is 37.1. The van der Waals surface area contributed by atoms with Crippen LogP contribution in [0.15, 0.2) is 73.1 Å². The molecule has 0 spiro atoms. The van der Waals surface area contributed by atoms with Crippen molar-refractivity contribution in [2.75, 3.05) is 13.2 Å². The van der Waals surface area contributed by atoms with Gasteiger partial charge in [-0.2, -0.15) is 10.5 Å². The lowest BCUT2D eigenvalue weighted by Crippen LogP contribution is -2.29. The van der Waals surface area contributed by atoms with E-state index in [1.807, 2.05) is 0 Å². The molecular weight excluding hydrogens is 1050 g/mol. The zero-order chi connectivity index (χ0) is 59.2. The Morgan fingerprint density at radius 3 is 1.39 bits per heavy atom. The van der Waals surface area contributed by atoms with Crippen LogP contribution in [0.5, 0.6) is 11.5 Å². The van der Waals surface area contributed by atoms with Gasteiger partial charge in [-0.3, -0.25) is 9.13 Å². The molecular formula is C60H76N8O10Si2. The van der Waals surface area contributed by atoms with Crippen LogP contribution in [0.3, 0.4) is 0 Å². The van der Waals surface area contributed by atoms with Gasteiger partial charge < -0.3 is 48.5 Å². The highest BCUT2D eigenvalue weighted by molar-refractivity contribution is 6.76. The molecule has 18 nitrogen and oxygen atoms in total. The first kappa shape index (κ1) is 60.3. The van der Waals surface area contributed by atoms with Gasteiger partial charge in [-0.1, -0.05) is 39.3 Å². The zero-order valence-corrected chi connectivity index (χ0v) is 51.0. The van der Waals surface area contributed by atoms with Gasteiger partial charge in [0.05, 0.1) is 56.4 Å². The van der Waals surface area contributed by atoms with Crippen LogP contribution in [-0.2, 0) is 43.6 Å². The van der Waals surface area contributed by atoms with Crippen LogP contribution in [0.1, 0.15) is 100 Å². The Bertz CT molecular complexity index is 3620. The number of ether oxygens (including phenoxy) is 4. The molecule has 0 radical (unpaired) electrons. The Morgan fingerprint density at radius 2 is 0.975 bits per heavy atom. The SMILES string of the molecule is Cc1cc(O)c(C(C)(O)c2nc3cc(C#N)ccc3n2COCC[Si](C)(C)C)c2ccn(C(=O)OC(C)(C)C)c12.Cc1cc(O)c(C(C)(O)c2nc3ccc(C#N)cc3n2COCC[Si](C)(C)C)c2ccn(C(=O)OC(C)(C)C)c12. The summed E-state index contributed by atoms with van der Waals surface area (Å²) in [6, 6.07) is 22.9. The second kappa shape index (κ2) is 22.3. The summed E-state index contributed by atoms with van der Waals surface area (Å²) in [6.45, 7) is 32.4. The fraction of sp³-hybridized carbons (Fsp3) is 0.433. The molecule has 0 bridgehead atoms. The van der Waals surface area contributed by atoms with E-state index in [1.165, 1.54) is 21.3 Å². The van der Waals surface area contributed by atoms with E-state index in [0.717, 1.165) is 12.1 Å². The lowest BCUT2D eigenvalue weighted by atomic mass is 9.89. The number of aryl methyl sites for hydroxylation is 2. The third-order valence-corrected chi connectivity index (χ3v) is 16.9. The molecule has 2 unspecified atom stereocenters. The normalized spacial score (nSPS) is 13.9. The Balaban J connectivity index is 0.000000231. The quantitative estimate of drug-likeness (QED) is 0.0584. The highest BCUT2D eigenvalue weighted by Gasteiger charge is 2.40. The summed E-state index contributed by atoms with van der Waals surface area (Å²) < 4.78 is 29.6. The van der Waals surface area contributed by atoms with Crippen LogP contribution < -0.4 is 0 Å². The largest absolute Gasteiger partial charge is 0.508 e. The number of aliphatic hydroxyl groups is 2. The molecule has 8 rings (SSSR count). The number of carbonyl (C=O) groups is 2. The molecule has 80 heavy (non-hydrogen) atoms. The molecule has 0 aliphatic carbocycles. The van der Waals surface area contributed by atoms with E-state index in [0.29, 0.717) is 79.3 Å². The number of aromatic nitrogens is 6. The Kier molecular flexibility index (Phi) is 16.8. The molecule has 0 amide bonds. The van der Waals surface area contributed by atoms with Crippen molar-refractivity contribution in [2.24, 2.45) is 0 Å². The number of benzene rings is 4. The molecule has 4 N–H and O–H groups in total. The third-order valence-electron chi connectivity index (χ3n) is 13.5. The molecule has 424 valence electrons. The topological polar surface area (TPSA) is 245 Å². The van der Waals surface area contributed by atoms with E-state index >= 15 is 0 Å². The van der Waals surface area contributed by atoms with Crippen molar-refractivity contribution in [3.8, 4) is 23.6 Å². The Hall–Kier alpha value is -7.31. The minimum absolute atomic E-state index is 0.107. The number of fused-ring (bicyclic) bond motifs is 4. The predicted molar refractivity (Wildman–Crippen MR) is 314 cm³/mol. The molecule has 20 heteroatoms. The molecule has 4 aromatic carbocycles. The van der Waals surface area contributed by atoms with Gasteiger partial charge in [0, 0.05) is 63.7 Å². The van der Waals surface area contributed by atoms with Gasteiger partial charge in [-0.05, 0) is 153 Å². The van der Waals surface area contributed by atoms with Crippen LogP contribution in [0.2, 0.25) is 51.4 Å². The average molecular weight is 1130 g/mol. The maximum absolute atomic E-state index is 13.0.